The second kappa shape index (κ2) is 5.23. The summed E-state index contributed by atoms with van der Waals surface area (Å²) in [6.45, 7) is 9.26. The normalized spacial score (nSPS) is 18.7. The van der Waals surface area contributed by atoms with Crippen molar-refractivity contribution in [2.24, 2.45) is 0 Å². The van der Waals surface area contributed by atoms with Crippen molar-refractivity contribution in [3.63, 3.8) is 0 Å². The monoisotopic (exact) mass is 146 g/mol. The molecule has 0 spiro atoms. The third-order valence-electron chi connectivity index (χ3n) is 1.79. The van der Waals surface area contributed by atoms with Gasteiger partial charge in [0, 0.05) is 0 Å². The van der Waals surface area contributed by atoms with Crippen LogP contribution in [0, 0.1) is 0 Å². The Morgan fingerprint density at radius 2 is 1.33 bits per heavy atom. The van der Waals surface area contributed by atoms with Gasteiger partial charge in [-0.2, -0.15) is 0 Å². The lowest BCUT2D eigenvalue weighted by molar-refractivity contribution is 0.848. The fraction of sp³-hybridized carbons (Fsp3) is 1.00. The molecule has 0 bridgehead atoms. The van der Waals surface area contributed by atoms with E-state index in [1.165, 1.54) is 21.4 Å². The molecule has 0 heterocycles. The first-order valence-electron chi connectivity index (χ1n) is 3.96. The zero-order chi connectivity index (χ0) is 7.28. The first-order chi connectivity index (χ1) is 4.20. The van der Waals surface area contributed by atoms with Gasteiger partial charge in [-0.1, -0.05) is 27.7 Å². The molecule has 1 heteroatoms. The van der Waals surface area contributed by atoms with Crippen molar-refractivity contribution in [2.45, 2.75) is 51.9 Å². The van der Waals surface area contributed by atoms with E-state index in [4.69, 9.17) is 0 Å². The Morgan fingerprint density at radius 1 is 1.00 bits per heavy atom. The Morgan fingerprint density at radius 3 is 1.56 bits per heavy atom. The Bertz CT molecular complexity index is 53.6. The maximum absolute atomic E-state index is 2.35. The van der Waals surface area contributed by atoms with Gasteiger partial charge in [0.25, 0.3) is 0 Å². The molecule has 0 saturated carbocycles. The molecule has 0 aromatic carbocycles. The van der Waals surface area contributed by atoms with Gasteiger partial charge >= 0.3 is 0 Å². The van der Waals surface area contributed by atoms with Crippen molar-refractivity contribution in [1.29, 1.82) is 0 Å². The van der Waals surface area contributed by atoms with E-state index in [1.807, 2.05) is 0 Å². The second-order valence-corrected chi connectivity index (χ2v) is 5.09. The van der Waals surface area contributed by atoms with Crippen LogP contribution in [0.5, 0.6) is 0 Å². The van der Waals surface area contributed by atoms with Gasteiger partial charge < -0.3 is 0 Å². The maximum atomic E-state index is 2.35. The van der Waals surface area contributed by atoms with Crippen LogP contribution in [-0.2, 0) is 0 Å². The summed E-state index contributed by atoms with van der Waals surface area (Å²) in [4.78, 5) is 0. The summed E-state index contributed by atoms with van der Waals surface area (Å²) >= 11 is 0. The largest absolute Gasteiger partial charge is 0.116 e. The van der Waals surface area contributed by atoms with Crippen LogP contribution in [0.1, 0.15) is 40.5 Å². The molecule has 0 aromatic rings. The molecule has 0 nitrogen and oxygen atoms in total. The minimum absolute atomic E-state index is 0.958. The molecule has 56 valence electrons. The van der Waals surface area contributed by atoms with Crippen molar-refractivity contribution in [2.75, 3.05) is 0 Å². The fourth-order valence-electron chi connectivity index (χ4n) is 0.721. The topological polar surface area (TPSA) is 0 Å². The van der Waals surface area contributed by atoms with Gasteiger partial charge in [0.15, 0.2) is 0 Å². The molecule has 0 aliphatic rings. The molecule has 0 saturated heterocycles. The molecular formula is C8H19P. The van der Waals surface area contributed by atoms with E-state index < -0.39 is 0 Å². The molecule has 0 amide bonds. The van der Waals surface area contributed by atoms with Gasteiger partial charge in [0.1, 0.15) is 0 Å². The van der Waals surface area contributed by atoms with E-state index in [1.54, 1.807) is 0 Å². The summed E-state index contributed by atoms with van der Waals surface area (Å²) in [6, 6.07) is 0. The van der Waals surface area contributed by atoms with Crippen LogP contribution in [0.25, 0.3) is 0 Å². The van der Waals surface area contributed by atoms with Gasteiger partial charge in [-0.25, -0.2) is 0 Å². The van der Waals surface area contributed by atoms with Crippen molar-refractivity contribution in [1.82, 2.24) is 0 Å². The highest BCUT2D eigenvalue weighted by Crippen LogP contribution is 2.28. The molecule has 0 aliphatic heterocycles. The number of hydrogen-bond acceptors (Lipinski definition) is 0. The van der Waals surface area contributed by atoms with Gasteiger partial charge in [-0.15, -0.1) is 8.58 Å². The number of hydrogen-bond donors (Lipinski definition) is 0. The van der Waals surface area contributed by atoms with Gasteiger partial charge in [0.2, 0.25) is 0 Å². The first kappa shape index (κ1) is 9.43. The summed E-state index contributed by atoms with van der Waals surface area (Å²) in [7, 11) is 1.18. The number of rotatable bonds is 4. The molecule has 0 aliphatic carbocycles. The third-order valence-corrected chi connectivity index (χ3v) is 3.75. The Labute approximate surface area is 61.2 Å². The summed E-state index contributed by atoms with van der Waals surface area (Å²) < 4.78 is 0. The molecule has 0 radical (unpaired) electrons. The van der Waals surface area contributed by atoms with Crippen molar-refractivity contribution < 1.29 is 0 Å². The van der Waals surface area contributed by atoms with E-state index >= 15 is 0 Å². The summed E-state index contributed by atoms with van der Waals surface area (Å²) in [5.74, 6) is 0. The van der Waals surface area contributed by atoms with Crippen molar-refractivity contribution >= 4 is 8.58 Å². The fourth-order valence-corrected chi connectivity index (χ4v) is 2.16. The minimum Gasteiger partial charge on any atom is -0.116 e. The summed E-state index contributed by atoms with van der Waals surface area (Å²) in [5.41, 5.74) is 1.92. The van der Waals surface area contributed by atoms with Crippen LogP contribution in [0.3, 0.4) is 0 Å². The highest BCUT2D eigenvalue weighted by atomic mass is 31.1. The van der Waals surface area contributed by atoms with Crippen LogP contribution in [0.15, 0.2) is 0 Å². The van der Waals surface area contributed by atoms with Crippen molar-refractivity contribution in [3.8, 4) is 0 Å². The van der Waals surface area contributed by atoms with Crippen LogP contribution >= 0.6 is 8.58 Å². The van der Waals surface area contributed by atoms with Gasteiger partial charge in [-0.3, -0.25) is 0 Å². The average Bonchev–Trinajstić information content (AvgIpc) is 1.87. The van der Waals surface area contributed by atoms with Crippen LogP contribution in [0.2, 0.25) is 0 Å². The standard InChI is InChI=1S/C8H19P/c1-5-7(3)9-8(4)6-2/h7-9H,5-6H2,1-4H3. The molecule has 0 N–H and O–H groups in total. The van der Waals surface area contributed by atoms with Crippen LogP contribution < -0.4 is 0 Å². The highest BCUT2D eigenvalue weighted by Gasteiger charge is 2.02. The van der Waals surface area contributed by atoms with Crippen molar-refractivity contribution in [3.05, 3.63) is 0 Å². The predicted molar refractivity (Wildman–Crippen MR) is 47.8 cm³/mol. The zero-order valence-electron chi connectivity index (χ0n) is 7.07. The third kappa shape index (κ3) is 4.90. The SMILES string of the molecule is CCC(C)PC(C)CC. The molecule has 0 fully saturated rings. The second-order valence-electron chi connectivity index (χ2n) is 2.79. The lowest BCUT2D eigenvalue weighted by Crippen LogP contribution is -1.98. The average molecular weight is 146 g/mol. The Balaban J connectivity index is 3.22. The first-order valence-corrected chi connectivity index (χ1v) is 5.12. The molecule has 2 unspecified atom stereocenters. The molecule has 9 heavy (non-hydrogen) atoms. The summed E-state index contributed by atoms with van der Waals surface area (Å²) in [5, 5.41) is 0. The van der Waals surface area contributed by atoms with Crippen LogP contribution in [0.4, 0.5) is 0 Å². The maximum Gasteiger partial charge on any atom is -0.0265 e. The predicted octanol–water partition coefficient (Wildman–Crippen LogP) is 3.26. The van der Waals surface area contributed by atoms with E-state index in [0.29, 0.717) is 0 Å². The van der Waals surface area contributed by atoms with Gasteiger partial charge in [0.05, 0.1) is 0 Å². The van der Waals surface area contributed by atoms with Gasteiger partial charge in [-0.05, 0) is 24.2 Å². The smallest absolute Gasteiger partial charge is 0.0265 e. The Kier molecular flexibility index (Phi) is 5.48. The molecule has 0 aromatic heterocycles. The lowest BCUT2D eigenvalue weighted by Gasteiger charge is -2.13. The minimum atomic E-state index is 0.958. The van der Waals surface area contributed by atoms with E-state index in [0.717, 1.165) is 11.3 Å². The molecule has 0 rings (SSSR count). The van der Waals surface area contributed by atoms with Crippen LogP contribution in [-0.4, -0.2) is 11.3 Å². The molecular weight excluding hydrogens is 127 g/mol. The zero-order valence-corrected chi connectivity index (χ0v) is 8.07. The van der Waals surface area contributed by atoms with E-state index in [9.17, 15) is 0 Å². The quantitative estimate of drug-likeness (QED) is 0.534. The van der Waals surface area contributed by atoms with E-state index in [-0.39, 0.29) is 0 Å². The van der Waals surface area contributed by atoms with E-state index in [2.05, 4.69) is 27.7 Å². The summed E-state index contributed by atoms with van der Waals surface area (Å²) in [6.07, 6.45) is 2.70. The Hall–Kier alpha value is 0.430. The molecule has 2 atom stereocenters. The lowest BCUT2D eigenvalue weighted by atomic mass is 10.4. The highest BCUT2D eigenvalue weighted by molar-refractivity contribution is 7.39.